The van der Waals surface area contributed by atoms with E-state index in [-0.39, 0.29) is 5.91 Å². The first kappa shape index (κ1) is 13.4. The molecule has 2 heterocycles. The van der Waals surface area contributed by atoms with E-state index in [0.717, 1.165) is 5.82 Å². The van der Waals surface area contributed by atoms with Gasteiger partial charge in [-0.15, -0.1) is 0 Å². The number of nitrogens with one attached hydrogen (secondary N) is 2. The predicted octanol–water partition coefficient (Wildman–Crippen LogP) is 1.77. The van der Waals surface area contributed by atoms with E-state index in [9.17, 15) is 4.79 Å². The summed E-state index contributed by atoms with van der Waals surface area (Å²) >= 11 is 6.01. The molecule has 19 heavy (non-hydrogen) atoms. The highest BCUT2D eigenvalue weighted by Gasteiger charge is 2.15. The van der Waals surface area contributed by atoms with Crippen LogP contribution in [0.3, 0.4) is 0 Å². The van der Waals surface area contributed by atoms with Gasteiger partial charge in [-0.2, -0.15) is 0 Å². The number of aromatic amines is 1. The lowest BCUT2D eigenvalue weighted by molar-refractivity contribution is 0.0781. The molecule has 0 aliphatic heterocycles. The van der Waals surface area contributed by atoms with Gasteiger partial charge in [0.25, 0.3) is 5.91 Å². The molecule has 0 unspecified atom stereocenters. The van der Waals surface area contributed by atoms with Crippen molar-refractivity contribution in [2.24, 2.45) is 0 Å². The summed E-state index contributed by atoms with van der Waals surface area (Å²) in [6, 6.07) is 1.60. The minimum Gasteiger partial charge on any atom is -0.372 e. The highest BCUT2D eigenvalue weighted by Crippen LogP contribution is 2.20. The number of halogens is 1. The first-order valence-electron chi connectivity index (χ1n) is 5.69. The van der Waals surface area contributed by atoms with Gasteiger partial charge in [-0.25, -0.2) is 9.97 Å². The molecule has 6 nitrogen and oxygen atoms in total. The first-order valence-corrected chi connectivity index (χ1v) is 6.06. The van der Waals surface area contributed by atoms with Crippen molar-refractivity contribution in [1.82, 2.24) is 19.9 Å². The number of hydrogen-bond acceptors (Lipinski definition) is 4. The number of amides is 1. The zero-order valence-corrected chi connectivity index (χ0v) is 11.4. The molecule has 2 N–H and O–H groups in total. The molecule has 0 atom stereocenters. The molecule has 100 valence electrons. The largest absolute Gasteiger partial charge is 0.372 e. The van der Waals surface area contributed by atoms with Crippen molar-refractivity contribution in [3.05, 3.63) is 41.1 Å². The molecule has 0 bridgehead atoms. The van der Waals surface area contributed by atoms with Crippen LogP contribution in [0.2, 0.25) is 5.02 Å². The van der Waals surface area contributed by atoms with E-state index in [4.69, 9.17) is 11.6 Å². The van der Waals surface area contributed by atoms with Crippen molar-refractivity contribution in [2.75, 3.05) is 19.4 Å². The van der Waals surface area contributed by atoms with Gasteiger partial charge in [-0.3, -0.25) is 4.79 Å². The van der Waals surface area contributed by atoms with E-state index in [2.05, 4.69) is 20.3 Å². The van der Waals surface area contributed by atoms with Crippen molar-refractivity contribution in [1.29, 1.82) is 0 Å². The second-order valence-electron chi connectivity index (χ2n) is 4.00. The van der Waals surface area contributed by atoms with E-state index in [1.54, 1.807) is 37.5 Å². The van der Waals surface area contributed by atoms with Gasteiger partial charge in [0.05, 0.1) is 17.1 Å². The van der Waals surface area contributed by atoms with Crippen molar-refractivity contribution in [3.8, 4) is 0 Å². The molecule has 1 amide bonds. The van der Waals surface area contributed by atoms with Gasteiger partial charge in [0, 0.05) is 32.7 Å². The SMILES string of the molecule is CNc1ncc(C(=O)N(C)Cc2ncc[nH]2)cc1Cl. The number of carbonyl (C=O) groups excluding carboxylic acids is 1. The zero-order valence-electron chi connectivity index (χ0n) is 10.6. The second-order valence-corrected chi connectivity index (χ2v) is 4.41. The summed E-state index contributed by atoms with van der Waals surface area (Å²) < 4.78 is 0. The molecule has 2 aromatic heterocycles. The predicted molar refractivity (Wildman–Crippen MR) is 73.2 cm³/mol. The number of nitrogens with zero attached hydrogens (tertiary/aromatic N) is 3. The molecule has 2 aromatic rings. The Kier molecular flexibility index (Phi) is 4.01. The molecule has 7 heteroatoms. The van der Waals surface area contributed by atoms with Crippen LogP contribution in [0.5, 0.6) is 0 Å². The molecule has 0 spiro atoms. The summed E-state index contributed by atoms with van der Waals surface area (Å²) in [5.41, 5.74) is 0.443. The fraction of sp³-hybridized carbons (Fsp3) is 0.250. The lowest BCUT2D eigenvalue weighted by Gasteiger charge is -2.16. The third-order valence-electron chi connectivity index (χ3n) is 2.61. The van der Waals surface area contributed by atoms with E-state index in [1.165, 1.54) is 6.20 Å². The van der Waals surface area contributed by atoms with E-state index < -0.39 is 0 Å². The van der Waals surface area contributed by atoms with Crippen LogP contribution in [0.15, 0.2) is 24.7 Å². The second kappa shape index (κ2) is 5.71. The van der Waals surface area contributed by atoms with Crippen LogP contribution in [0.25, 0.3) is 0 Å². The highest BCUT2D eigenvalue weighted by molar-refractivity contribution is 6.33. The number of imidazole rings is 1. The third kappa shape index (κ3) is 3.03. The number of rotatable bonds is 4. The number of H-pyrrole nitrogens is 1. The molecule has 0 saturated heterocycles. The summed E-state index contributed by atoms with van der Waals surface area (Å²) in [6.07, 6.45) is 4.86. The van der Waals surface area contributed by atoms with Gasteiger partial charge in [0.15, 0.2) is 0 Å². The average molecular weight is 280 g/mol. The Balaban J connectivity index is 2.12. The number of carbonyl (C=O) groups is 1. The fourth-order valence-electron chi connectivity index (χ4n) is 1.64. The topological polar surface area (TPSA) is 73.9 Å². The minimum absolute atomic E-state index is 0.159. The molecule has 0 aliphatic carbocycles. The number of hydrogen-bond donors (Lipinski definition) is 2. The fourth-order valence-corrected chi connectivity index (χ4v) is 1.90. The van der Waals surface area contributed by atoms with Crippen LogP contribution in [0.4, 0.5) is 5.82 Å². The Hall–Kier alpha value is -2.08. The molecule has 0 saturated carbocycles. The lowest BCUT2D eigenvalue weighted by Crippen LogP contribution is -2.26. The van der Waals surface area contributed by atoms with Crippen LogP contribution in [0.1, 0.15) is 16.2 Å². The Bertz CT molecular complexity index is 570. The molecule has 0 aromatic carbocycles. The van der Waals surface area contributed by atoms with E-state index in [0.29, 0.717) is 22.9 Å². The normalized spacial score (nSPS) is 10.3. The molecule has 0 fully saturated rings. The maximum absolute atomic E-state index is 12.2. The Labute approximate surface area is 115 Å². The van der Waals surface area contributed by atoms with E-state index >= 15 is 0 Å². The van der Waals surface area contributed by atoms with Gasteiger partial charge < -0.3 is 15.2 Å². The monoisotopic (exact) mass is 279 g/mol. The van der Waals surface area contributed by atoms with Gasteiger partial charge in [-0.05, 0) is 6.07 Å². The number of aromatic nitrogens is 3. The molecular weight excluding hydrogens is 266 g/mol. The summed E-state index contributed by atoms with van der Waals surface area (Å²) in [7, 11) is 3.42. The van der Waals surface area contributed by atoms with Crippen molar-refractivity contribution in [3.63, 3.8) is 0 Å². The maximum atomic E-state index is 12.2. The number of pyridine rings is 1. The van der Waals surface area contributed by atoms with Gasteiger partial charge >= 0.3 is 0 Å². The van der Waals surface area contributed by atoms with Crippen LogP contribution < -0.4 is 5.32 Å². The average Bonchev–Trinajstić information content (AvgIpc) is 2.90. The molecular formula is C12H14ClN5O. The van der Waals surface area contributed by atoms with E-state index in [1.807, 2.05) is 0 Å². The highest BCUT2D eigenvalue weighted by atomic mass is 35.5. The summed E-state index contributed by atoms with van der Waals surface area (Å²) in [4.78, 5) is 24.8. The summed E-state index contributed by atoms with van der Waals surface area (Å²) in [5, 5.41) is 3.26. The smallest absolute Gasteiger partial charge is 0.255 e. The lowest BCUT2D eigenvalue weighted by atomic mass is 10.2. The van der Waals surface area contributed by atoms with Gasteiger partial charge in [0.1, 0.15) is 11.6 Å². The zero-order chi connectivity index (χ0) is 13.8. The van der Waals surface area contributed by atoms with Crippen molar-refractivity contribution < 1.29 is 4.79 Å². The van der Waals surface area contributed by atoms with Gasteiger partial charge in [-0.1, -0.05) is 11.6 Å². The standard InChI is InChI=1S/C12H14ClN5O/c1-14-11-9(13)5-8(6-17-11)12(19)18(2)7-10-15-3-4-16-10/h3-6H,7H2,1-2H3,(H,14,17)(H,15,16). The summed E-state index contributed by atoms with van der Waals surface area (Å²) in [6.45, 7) is 0.400. The van der Waals surface area contributed by atoms with Crippen LogP contribution in [0, 0.1) is 0 Å². The van der Waals surface area contributed by atoms with Crippen molar-refractivity contribution in [2.45, 2.75) is 6.54 Å². The number of anilines is 1. The summed E-state index contributed by atoms with van der Waals surface area (Å²) in [5.74, 6) is 1.11. The molecule has 2 rings (SSSR count). The van der Waals surface area contributed by atoms with Crippen LogP contribution >= 0.6 is 11.6 Å². The van der Waals surface area contributed by atoms with Crippen molar-refractivity contribution >= 4 is 23.3 Å². The Morgan fingerprint density at radius 3 is 2.89 bits per heavy atom. The minimum atomic E-state index is -0.159. The first-order chi connectivity index (χ1) is 9.11. The maximum Gasteiger partial charge on any atom is 0.255 e. The molecule has 0 aliphatic rings. The third-order valence-corrected chi connectivity index (χ3v) is 2.90. The van der Waals surface area contributed by atoms with Crippen LogP contribution in [-0.2, 0) is 6.54 Å². The quantitative estimate of drug-likeness (QED) is 0.894. The van der Waals surface area contributed by atoms with Crippen LogP contribution in [-0.4, -0.2) is 39.9 Å². The van der Waals surface area contributed by atoms with Gasteiger partial charge in [0.2, 0.25) is 0 Å². The molecule has 0 radical (unpaired) electrons. The Morgan fingerprint density at radius 2 is 2.32 bits per heavy atom. The Morgan fingerprint density at radius 1 is 1.53 bits per heavy atom.